The number of methoxy groups -OCH3 is 3. The van der Waals surface area contributed by atoms with E-state index in [1.54, 1.807) is 67.9 Å². The Balaban J connectivity index is 0.000000209. The van der Waals surface area contributed by atoms with Crippen LogP contribution in [0.3, 0.4) is 0 Å². The second-order valence-electron chi connectivity index (χ2n) is 21.4. The molecule has 0 unspecified atom stereocenters. The quantitative estimate of drug-likeness (QED) is 0.0335. The Morgan fingerprint density at radius 3 is 1.47 bits per heavy atom. The lowest BCUT2D eigenvalue weighted by molar-refractivity contribution is -0.143. The number of likely N-dealkylation sites (N-methyl/N-ethyl adjacent to an activating group) is 1. The standard InChI is InChI=1S/C22H27N9O4.C21H27N7O5.C19H19N9O3/c1-29-5-6-31(20(33)13-29)12-16-11-26-21(27-18(16)14-32)30(2)22(34)28-19-8-17(24-4-7-35-3)15(9-23)10-25-19;1-14-9-23-18(8-16(14)22-4-6-32-3)26-21(31)27(2)20-24-10-15(17(12-29)25-20)11-28-5-7-33-13-19(28)30;1-27(18-23-11-16(15(12-29)25-18)28-6-3-4-24-28)19(30)26-17-8-14(21-5-7-31-2)13(9-20)10-22-17/h8,10-11,14H,4-7,12-13H2,1-3H3,(H2,24,25,28,34);8-10,12H,4-7,11,13H2,1-3H3,(H2,22,23,26,31);3-4,6,8,10-12H,5,7H2,1-2H3,(H2,21,22,26,30). The van der Waals surface area contributed by atoms with Crippen molar-refractivity contribution in [1.82, 2.24) is 69.3 Å². The summed E-state index contributed by atoms with van der Waals surface area (Å²) < 4.78 is 21.6. The summed E-state index contributed by atoms with van der Waals surface area (Å²) in [5.41, 5.74) is 5.06. The van der Waals surface area contributed by atoms with E-state index in [2.05, 4.69) is 81.9 Å². The Morgan fingerprint density at radius 2 is 1.04 bits per heavy atom. The number of nitrogens with zero attached hydrogens (tertiary/aromatic N) is 19. The maximum atomic E-state index is 12.8. The SMILES string of the molecule is COCCNc1cc(NC(=O)N(C)c2ncc(-n3cccn3)c(C=O)n2)ncc1C#N.COCCNc1cc(NC(=O)N(C)c2ncc(CN3CCN(C)CC3=O)c(C=O)n2)ncc1C#N.COCCNc1cc(NC(=O)N(C)c2ncc(CN3CCOCC3=O)c(C=O)n2)ncc1C. The van der Waals surface area contributed by atoms with Crippen molar-refractivity contribution in [3.05, 3.63) is 119 Å². The minimum absolute atomic E-state index is 0.00476. The summed E-state index contributed by atoms with van der Waals surface area (Å²) >= 11 is 0. The average molecular weight is 1360 g/mol. The highest BCUT2D eigenvalue weighted by atomic mass is 16.5. The third-order valence-corrected chi connectivity index (χ3v) is 14.5. The fourth-order valence-corrected chi connectivity index (χ4v) is 8.95. The predicted octanol–water partition coefficient (Wildman–Crippen LogP) is 3.10. The largest absolute Gasteiger partial charge is 0.383 e. The Bertz CT molecular complexity index is 4080. The van der Waals surface area contributed by atoms with Crippen LogP contribution in [-0.4, -0.2) is 246 Å². The molecule has 9 rings (SSSR count). The first-order chi connectivity index (χ1) is 47.8. The monoisotopic (exact) mass is 1360 g/mol. The molecule has 9 heterocycles. The third kappa shape index (κ3) is 20.9. The van der Waals surface area contributed by atoms with Crippen molar-refractivity contribution in [3.63, 3.8) is 0 Å². The molecule has 2 aliphatic heterocycles. The first kappa shape index (κ1) is 74.2. The third-order valence-electron chi connectivity index (χ3n) is 14.5. The van der Waals surface area contributed by atoms with Crippen LogP contribution in [-0.2, 0) is 41.6 Å². The summed E-state index contributed by atoms with van der Waals surface area (Å²) in [5, 5.41) is 39.8. The van der Waals surface area contributed by atoms with E-state index in [1.165, 1.54) is 67.8 Å². The molecule has 0 saturated carbocycles. The van der Waals surface area contributed by atoms with E-state index in [0.717, 1.165) is 27.6 Å². The molecule has 0 atom stereocenters. The van der Waals surface area contributed by atoms with Crippen LogP contribution in [0.4, 0.5) is 66.7 Å². The molecule has 2 aliphatic rings. The van der Waals surface area contributed by atoms with E-state index in [4.69, 9.17) is 18.9 Å². The number of hydrogen-bond acceptors (Lipinski definition) is 28. The first-order valence-corrected chi connectivity index (χ1v) is 30.2. The number of rotatable bonds is 26. The van der Waals surface area contributed by atoms with E-state index < -0.39 is 18.1 Å². The van der Waals surface area contributed by atoms with Gasteiger partial charge in [-0.1, -0.05) is 0 Å². The zero-order valence-electron chi connectivity index (χ0n) is 55.5. The van der Waals surface area contributed by atoms with Crippen LogP contribution in [0.15, 0.2) is 73.8 Å². The number of aryl methyl sites for hydroxylation is 1. The molecule has 99 heavy (non-hydrogen) atoms. The number of amides is 8. The lowest BCUT2D eigenvalue weighted by atomic mass is 10.2. The molecule has 37 heteroatoms. The Morgan fingerprint density at radius 1 is 0.596 bits per heavy atom. The van der Waals surface area contributed by atoms with Crippen LogP contribution >= 0.6 is 0 Å². The second kappa shape index (κ2) is 37.2. The molecule has 7 aromatic heterocycles. The number of nitrogens with one attached hydrogen (secondary N) is 6. The molecule has 0 aliphatic carbocycles. The maximum Gasteiger partial charge on any atom is 0.329 e. The number of carbonyl (C=O) groups is 8. The van der Waals surface area contributed by atoms with Gasteiger partial charge in [0.05, 0.1) is 61.7 Å². The van der Waals surface area contributed by atoms with Crippen LogP contribution in [0.1, 0.15) is 59.3 Å². The van der Waals surface area contributed by atoms with Crippen molar-refractivity contribution < 1.29 is 57.3 Å². The highest BCUT2D eigenvalue weighted by Crippen LogP contribution is 2.24. The summed E-state index contributed by atoms with van der Waals surface area (Å²) in [4.78, 5) is 143. The van der Waals surface area contributed by atoms with Crippen molar-refractivity contribution in [3.8, 4) is 17.8 Å². The number of morpholine rings is 1. The number of aldehydes is 3. The molecule has 7 aromatic rings. The van der Waals surface area contributed by atoms with Crippen LogP contribution in [0.5, 0.6) is 0 Å². The maximum absolute atomic E-state index is 12.8. The van der Waals surface area contributed by atoms with Gasteiger partial charge < -0.3 is 44.7 Å². The van der Waals surface area contributed by atoms with Crippen LogP contribution in [0.2, 0.25) is 0 Å². The van der Waals surface area contributed by atoms with Gasteiger partial charge in [-0.3, -0.25) is 59.5 Å². The van der Waals surface area contributed by atoms with Crippen molar-refractivity contribution in [2.75, 3.05) is 175 Å². The van der Waals surface area contributed by atoms with Gasteiger partial charge in [-0.15, -0.1) is 0 Å². The number of ether oxygens (including phenoxy) is 4. The molecular formula is C62H73N25O12. The van der Waals surface area contributed by atoms with Gasteiger partial charge in [-0.2, -0.15) is 15.6 Å². The molecule has 8 amide bonds. The van der Waals surface area contributed by atoms with Crippen molar-refractivity contribution in [2.45, 2.75) is 20.0 Å². The molecular weight excluding hydrogens is 1290 g/mol. The zero-order valence-corrected chi connectivity index (χ0v) is 55.5. The zero-order chi connectivity index (χ0) is 71.4. The molecule has 0 aromatic carbocycles. The number of hydrogen-bond donors (Lipinski definition) is 6. The Hall–Kier alpha value is -12.2. The van der Waals surface area contributed by atoms with Gasteiger partial charge in [0.15, 0.2) is 18.9 Å². The predicted molar refractivity (Wildman–Crippen MR) is 359 cm³/mol. The smallest absolute Gasteiger partial charge is 0.329 e. The van der Waals surface area contributed by atoms with Gasteiger partial charge in [0.1, 0.15) is 59.0 Å². The molecule has 518 valence electrons. The summed E-state index contributed by atoms with van der Waals surface area (Å²) in [7, 11) is 11.0. The van der Waals surface area contributed by atoms with E-state index >= 15 is 0 Å². The van der Waals surface area contributed by atoms with Gasteiger partial charge in [0.2, 0.25) is 29.7 Å². The number of aromatic nitrogens is 11. The summed E-state index contributed by atoms with van der Waals surface area (Å²) in [6, 6.07) is 8.86. The minimum atomic E-state index is -0.594. The number of anilines is 9. The van der Waals surface area contributed by atoms with Crippen LogP contribution in [0.25, 0.3) is 5.69 Å². The highest BCUT2D eigenvalue weighted by molar-refractivity contribution is 6.02. The van der Waals surface area contributed by atoms with E-state index in [0.29, 0.717) is 130 Å². The van der Waals surface area contributed by atoms with E-state index in [-0.39, 0.29) is 78.1 Å². The summed E-state index contributed by atoms with van der Waals surface area (Å²) in [6.45, 7) is 7.74. The normalized spacial score (nSPS) is 12.6. The van der Waals surface area contributed by atoms with Crippen molar-refractivity contribution >= 4 is 101 Å². The Labute approximate surface area is 567 Å². The van der Waals surface area contributed by atoms with Crippen molar-refractivity contribution in [2.24, 2.45) is 0 Å². The number of pyridine rings is 3. The first-order valence-electron chi connectivity index (χ1n) is 30.2. The molecule has 0 bridgehead atoms. The average Bonchev–Trinajstić information content (AvgIpc) is 1.73. The molecule has 37 nitrogen and oxygen atoms in total. The van der Waals surface area contributed by atoms with Gasteiger partial charge in [0.25, 0.3) is 0 Å². The topological polar surface area (TPSA) is 447 Å². The minimum Gasteiger partial charge on any atom is -0.383 e. The van der Waals surface area contributed by atoms with E-state index in [1.807, 2.05) is 31.0 Å². The molecule has 2 fully saturated rings. The number of nitriles is 2. The lowest BCUT2D eigenvalue weighted by Crippen LogP contribution is -2.48. The number of piperazine rings is 1. The van der Waals surface area contributed by atoms with Crippen molar-refractivity contribution in [1.29, 1.82) is 10.5 Å². The summed E-state index contributed by atoms with van der Waals surface area (Å²) in [6.07, 6.45) is 13.6. The van der Waals surface area contributed by atoms with Gasteiger partial charge in [0, 0.05) is 173 Å². The Kier molecular flexibility index (Phi) is 27.9. The molecule has 0 spiro atoms. The fraction of sp³-hybridized carbons (Fsp3) is 0.355. The van der Waals surface area contributed by atoms with Gasteiger partial charge >= 0.3 is 18.1 Å². The van der Waals surface area contributed by atoms with Crippen LogP contribution < -0.4 is 46.6 Å². The highest BCUT2D eigenvalue weighted by Gasteiger charge is 2.26. The lowest BCUT2D eigenvalue weighted by Gasteiger charge is -2.32. The molecule has 2 saturated heterocycles. The number of carbonyl (C=O) groups excluding carboxylic acids is 8. The number of urea groups is 3. The summed E-state index contributed by atoms with van der Waals surface area (Å²) in [5.74, 6) is 0.629. The van der Waals surface area contributed by atoms with Crippen LogP contribution in [0, 0.1) is 29.6 Å². The molecule has 6 N–H and O–H groups in total. The molecule has 0 radical (unpaired) electrons. The van der Waals surface area contributed by atoms with Gasteiger partial charge in [-0.25, -0.2) is 63.9 Å². The fourth-order valence-electron chi connectivity index (χ4n) is 8.95. The van der Waals surface area contributed by atoms with Gasteiger partial charge in [-0.05, 0) is 25.6 Å². The van der Waals surface area contributed by atoms with E-state index in [9.17, 15) is 48.9 Å². The second-order valence-corrected chi connectivity index (χ2v) is 21.4.